The molecule has 0 aromatic carbocycles. The first kappa shape index (κ1) is 7.88. The molecule has 12 heavy (non-hydrogen) atoms. The number of hydrogen-bond donors (Lipinski definition) is 1. The third kappa shape index (κ3) is 1.39. The molecule has 62 valence electrons. The molecule has 0 amide bonds. The van der Waals surface area contributed by atoms with Gasteiger partial charge in [0.1, 0.15) is 5.52 Å². The molecule has 0 aliphatic heterocycles. The van der Waals surface area contributed by atoms with Crippen molar-refractivity contribution >= 4 is 32.8 Å². The van der Waals surface area contributed by atoms with Crippen LogP contribution in [-0.4, -0.2) is 26.2 Å². The molecule has 0 unspecified atom stereocenters. The third-order valence-corrected chi connectivity index (χ3v) is 2.77. The molecule has 4 nitrogen and oxygen atoms in total. The van der Waals surface area contributed by atoms with Gasteiger partial charge < -0.3 is 4.98 Å². The van der Waals surface area contributed by atoms with Gasteiger partial charge in [0.2, 0.25) is 5.16 Å². The molecular weight excluding hydrogens is 192 g/mol. The quantitative estimate of drug-likeness (QED) is 0.588. The van der Waals surface area contributed by atoms with Crippen molar-refractivity contribution in [1.82, 2.24) is 19.9 Å². The van der Waals surface area contributed by atoms with Crippen molar-refractivity contribution in [2.75, 3.05) is 6.26 Å². The summed E-state index contributed by atoms with van der Waals surface area (Å²) >= 11 is 0. The number of fused-ring (bicyclic) bond motifs is 1. The topological polar surface area (TPSA) is 54.5 Å². The van der Waals surface area contributed by atoms with Crippen LogP contribution in [0.2, 0.25) is 0 Å². The Balaban J connectivity index is 2.46. The first-order valence-corrected chi connectivity index (χ1v) is 5.83. The number of rotatable bonds is 2. The zero-order valence-corrected chi connectivity index (χ0v) is 7.95. The predicted molar refractivity (Wildman–Crippen MR) is 51.1 cm³/mol. The highest BCUT2D eigenvalue weighted by molar-refractivity contribution is 8.76. The van der Waals surface area contributed by atoms with Crippen LogP contribution < -0.4 is 0 Å². The molecule has 0 fully saturated rings. The Morgan fingerprint density at radius 1 is 1.42 bits per heavy atom. The van der Waals surface area contributed by atoms with Crippen molar-refractivity contribution in [2.45, 2.75) is 5.16 Å². The Morgan fingerprint density at radius 2 is 2.33 bits per heavy atom. The van der Waals surface area contributed by atoms with Gasteiger partial charge in [-0.15, -0.1) is 0 Å². The molecule has 2 aromatic rings. The van der Waals surface area contributed by atoms with Crippen LogP contribution in [-0.2, 0) is 0 Å². The number of imidazole rings is 1. The van der Waals surface area contributed by atoms with Gasteiger partial charge in [-0.3, -0.25) is 0 Å². The standard InChI is InChI=1S/C6H6N4S2/c1-11-12-6-7-2-4-5(10-6)9-3-8-4/h2-3H,1H3,(H,7,8,9,10). The molecule has 2 heterocycles. The summed E-state index contributed by atoms with van der Waals surface area (Å²) in [4.78, 5) is 15.3. The maximum Gasteiger partial charge on any atom is 0.200 e. The van der Waals surface area contributed by atoms with Crippen molar-refractivity contribution in [3.63, 3.8) is 0 Å². The molecule has 0 atom stereocenters. The van der Waals surface area contributed by atoms with Gasteiger partial charge in [-0.25, -0.2) is 15.0 Å². The fourth-order valence-corrected chi connectivity index (χ4v) is 1.89. The highest BCUT2D eigenvalue weighted by Gasteiger charge is 2.00. The van der Waals surface area contributed by atoms with Gasteiger partial charge in [0.05, 0.1) is 12.5 Å². The average molecular weight is 198 g/mol. The normalized spacial score (nSPS) is 10.8. The van der Waals surface area contributed by atoms with Crippen molar-refractivity contribution in [3.05, 3.63) is 12.5 Å². The Labute approximate surface area is 77.0 Å². The van der Waals surface area contributed by atoms with Crippen LogP contribution in [0, 0.1) is 0 Å². The molecule has 2 aromatic heterocycles. The maximum absolute atomic E-state index is 4.21. The van der Waals surface area contributed by atoms with E-state index >= 15 is 0 Å². The van der Waals surface area contributed by atoms with Gasteiger partial charge in [0.25, 0.3) is 0 Å². The predicted octanol–water partition coefficient (Wildman–Crippen LogP) is 1.72. The fraction of sp³-hybridized carbons (Fsp3) is 0.167. The maximum atomic E-state index is 4.21. The first-order valence-electron chi connectivity index (χ1n) is 3.27. The molecule has 0 saturated heterocycles. The lowest BCUT2D eigenvalue weighted by Crippen LogP contribution is -1.84. The van der Waals surface area contributed by atoms with E-state index in [1.807, 2.05) is 6.26 Å². The minimum absolute atomic E-state index is 0.724. The summed E-state index contributed by atoms with van der Waals surface area (Å²) in [6.07, 6.45) is 5.35. The van der Waals surface area contributed by atoms with Crippen LogP contribution in [0.15, 0.2) is 17.7 Å². The van der Waals surface area contributed by atoms with E-state index in [0.717, 1.165) is 16.3 Å². The SMILES string of the molecule is CSSc1ncc2[nH]cnc2n1. The van der Waals surface area contributed by atoms with Gasteiger partial charge in [-0.1, -0.05) is 10.8 Å². The zero-order valence-electron chi connectivity index (χ0n) is 6.31. The van der Waals surface area contributed by atoms with E-state index in [-0.39, 0.29) is 0 Å². The number of nitrogens with zero attached hydrogens (tertiary/aromatic N) is 3. The van der Waals surface area contributed by atoms with Crippen molar-refractivity contribution in [3.8, 4) is 0 Å². The van der Waals surface area contributed by atoms with E-state index in [9.17, 15) is 0 Å². The zero-order chi connectivity index (χ0) is 8.39. The molecule has 1 N–H and O–H groups in total. The van der Waals surface area contributed by atoms with Crippen LogP contribution >= 0.6 is 21.6 Å². The van der Waals surface area contributed by atoms with Crippen molar-refractivity contribution in [1.29, 1.82) is 0 Å². The van der Waals surface area contributed by atoms with Crippen molar-refractivity contribution < 1.29 is 0 Å². The van der Waals surface area contributed by atoms with E-state index in [2.05, 4.69) is 19.9 Å². The summed E-state index contributed by atoms with van der Waals surface area (Å²) in [6.45, 7) is 0. The lowest BCUT2D eigenvalue weighted by molar-refractivity contribution is 1.00. The molecule has 6 heteroatoms. The van der Waals surface area contributed by atoms with Gasteiger partial charge in [-0.2, -0.15) is 0 Å². The van der Waals surface area contributed by atoms with E-state index in [1.165, 1.54) is 10.8 Å². The summed E-state index contributed by atoms with van der Waals surface area (Å²) in [5, 5.41) is 0.752. The summed E-state index contributed by atoms with van der Waals surface area (Å²) in [6, 6.07) is 0. The molecule has 0 aliphatic rings. The second-order valence-electron chi connectivity index (χ2n) is 2.04. The number of hydrogen-bond acceptors (Lipinski definition) is 5. The van der Waals surface area contributed by atoms with E-state index in [1.54, 1.807) is 23.3 Å². The van der Waals surface area contributed by atoms with Crippen LogP contribution in [0.1, 0.15) is 0 Å². The monoisotopic (exact) mass is 198 g/mol. The van der Waals surface area contributed by atoms with Gasteiger partial charge >= 0.3 is 0 Å². The lowest BCUT2D eigenvalue weighted by Gasteiger charge is -1.93. The minimum atomic E-state index is 0.724. The van der Waals surface area contributed by atoms with Crippen LogP contribution in [0.3, 0.4) is 0 Å². The molecule has 0 radical (unpaired) electrons. The Bertz CT molecular complexity index is 386. The smallest absolute Gasteiger partial charge is 0.200 e. The second-order valence-corrected chi connectivity index (χ2v) is 4.41. The minimum Gasteiger partial charge on any atom is -0.342 e. The molecule has 0 bridgehead atoms. The van der Waals surface area contributed by atoms with Crippen LogP contribution in [0.25, 0.3) is 11.2 Å². The van der Waals surface area contributed by atoms with Gasteiger partial charge in [0.15, 0.2) is 5.65 Å². The summed E-state index contributed by atoms with van der Waals surface area (Å²) in [7, 11) is 3.15. The molecule has 0 spiro atoms. The number of H-pyrrole nitrogens is 1. The molecule has 0 saturated carbocycles. The van der Waals surface area contributed by atoms with E-state index in [0.29, 0.717) is 0 Å². The Kier molecular flexibility index (Phi) is 2.18. The number of nitrogens with one attached hydrogen (secondary N) is 1. The largest absolute Gasteiger partial charge is 0.342 e. The molecule has 0 aliphatic carbocycles. The number of aromatic nitrogens is 4. The fourth-order valence-electron chi connectivity index (χ4n) is 0.835. The summed E-state index contributed by atoms with van der Waals surface area (Å²) < 4.78 is 0. The second kappa shape index (κ2) is 3.32. The highest BCUT2D eigenvalue weighted by Crippen LogP contribution is 2.25. The Hall–Kier alpha value is -0.750. The molecule has 2 rings (SSSR count). The number of aromatic amines is 1. The average Bonchev–Trinajstić information content (AvgIpc) is 2.51. The van der Waals surface area contributed by atoms with Crippen LogP contribution in [0.5, 0.6) is 0 Å². The summed E-state index contributed by atoms with van der Waals surface area (Å²) in [5.74, 6) is 0. The van der Waals surface area contributed by atoms with E-state index < -0.39 is 0 Å². The van der Waals surface area contributed by atoms with Gasteiger partial charge in [-0.05, 0) is 17.0 Å². The van der Waals surface area contributed by atoms with Crippen LogP contribution in [0.4, 0.5) is 0 Å². The Morgan fingerprint density at radius 3 is 3.17 bits per heavy atom. The molecular formula is C6H6N4S2. The van der Waals surface area contributed by atoms with Crippen molar-refractivity contribution in [2.24, 2.45) is 0 Å². The van der Waals surface area contributed by atoms with Gasteiger partial charge in [0, 0.05) is 0 Å². The first-order chi connectivity index (χ1) is 5.90. The lowest BCUT2D eigenvalue weighted by atomic mass is 10.6. The third-order valence-electron chi connectivity index (χ3n) is 1.31. The highest BCUT2D eigenvalue weighted by atomic mass is 33.1. The summed E-state index contributed by atoms with van der Waals surface area (Å²) in [5.41, 5.74) is 1.60. The van der Waals surface area contributed by atoms with E-state index in [4.69, 9.17) is 0 Å².